The van der Waals surface area contributed by atoms with Gasteiger partial charge in [-0.25, -0.2) is 0 Å². The number of pyridine rings is 1. The number of alkyl halides is 3. The lowest BCUT2D eigenvalue weighted by atomic mass is 9.81. The van der Waals surface area contributed by atoms with Gasteiger partial charge in [0.15, 0.2) is 5.54 Å². The van der Waals surface area contributed by atoms with Crippen LogP contribution in [0.2, 0.25) is 0 Å². The Morgan fingerprint density at radius 1 is 1.21 bits per heavy atom. The first-order valence-electron chi connectivity index (χ1n) is 12.8. The molecule has 7 atom stereocenters. The molecule has 202 valence electrons. The van der Waals surface area contributed by atoms with E-state index in [0.29, 0.717) is 18.4 Å². The minimum absolute atomic E-state index is 0.0285. The van der Waals surface area contributed by atoms with E-state index in [1.54, 1.807) is 39.2 Å². The molecule has 2 N–H and O–H groups in total. The van der Waals surface area contributed by atoms with Crippen LogP contribution in [-0.2, 0) is 26.3 Å². The maximum atomic E-state index is 14.0. The van der Waals surface area contributed by atoms with Gasteiger partial charge >= 0.3 is 12.1 Å². The van der Waals surface area contributed by atoms with E-state index in [2.05, 4.69) is 22.4 Å². The second-order valence-corrected chi connectivity index (χ2v) is 11.9. The summed E-state index contributed by atoms with van der Waals surface area (Å²) >= 11 is 0. The molecule has 2 bridgehead atoms. The van der Waals surface area contributed by atoms with E-state index in [9.17, 15) is 32.8 Å². The van der Waals surface area contributed by atoms with Crippen molar-refractivity contribution in [3.05, 3.63) is 41.7 Å². The van der Waals surface area contributed by atoms with Crippen molar-refractivity contribution in [1.29, 1.82) is 5.26 Å². The first kappa shape index (κ1) is 26.2. The molecule has 1 aromatic rings. The third-order valence-electron chi connectivity index (χ3n) is 8.66. The molecule has 4 aliphatic rings. The number of hydrogen-bond acceptors (Lipinski definition) is 5. The minimum atomic E-state index is -5.16. The van der Waals surface area contributed by atoms with E-state index in [1.807, 2.05) is 11.4 Å². The number of allylic oxidation sites excluding steroid dienone is 2. The number of carbonyl (C=O) groups is 3. The predicted octanol–water partition coefficient (Wildman–Crippen LogP) is 2.61. The van der Waals surface area contributed by atoms with Crippen LogP contribution in [-0.4, -0.2) is 52.4 Å². The van der Waals surface area contributed by atoms with Crippen LogP contribution in [0.3, 0.4) is 0 Å². The molecule has 1 saturated heterocycles. The van der Waals surface area contributed by atoms with Crippen LogP contribution < -0.4 is 10.6 Å². The summed E-state index contributed by atoms with van der Waals surface area (Å²) < 4.78 is 39.4. The molecule has 3 amide bonds. The fourth-order valence-electron chi connectivity index (χ4n) is 6.85. The molecule has 2 fully saturated rings. The molecule has 1 saturated carbocycles. The molecule has 0 radical (unpaired) electrons. The van der Waals surface area contributed by atoms with Crippen molar-refractivity contribution in [2.45, 2.75) is 63.8 Å². The largest absolute Gasteiger partial charge is 0.471 e. The Morgan fingerprint density at radius 3 is 2.58 bits per heavy atom. The van der Waals surface area contributed by atoms with Crippen LogP contribution in [0.15, 0.2) is 30.6 Å². The van der Waals surface area contributed by atoms with Crippen molar-refractivity contribution >= 4 is 17.7 Å². The molecule has 7 unspecified atom stereocenters. The summed E-state index contributed by atoms with van der Waals surface area (Å²) in [5, 5.41) is 14.9. The third-order valence-corrected chi connectivity index (χ3v) is 8.66. The molecule has 0 aromatic carbocycles. The lowest BCUT2D eigenvalue weighted by molar-refractivity contribution is -0.176. The molecule has 1 aliphatic heterocycles. The summed E-state index contributed by atoms with van der Waals surface area (Å²) in [4.78, 5) is 45.2. The summed E-state index contributed by atoms with van der Waals surface area (Å²) in [5.74, 6) is -3.49. The molecular weight excluding hydrogens is 499 g/mol. The number of nitriles is 1. The van der Waals surface area contributed by atoms with Gasteiger partial charge < -0.3 is 15.5 Å². The van der Waals surface area contributed by atoms with Crippen LogP contribution in [0.1, 0.15) is 44.7 Å². The number of likely N-dealkylation sites (tertiary alicyclic amines) is 1. The van der Waals surface area contributed by atoms with Crippen molar-refractivity contribution in [1.82, 2.24) is 20.5 Å². The lowest BCUT2D eigenvalue weighted by Crippen LogP contribution is -2.61. The van der Waals surface area contributed by atoms with Crippen molar-refractivity contribution in [3.63, 3.8) is 0 Å². The number of halogens is 3. The molecular formula is C27H30F3N5O3. The maximum absolute atomic E-state index is 14.0. The van der Waals surface area contributed by atoms with E-state index in [1.165, 1.54) is 4.90 Å². The number of amides is 3. The van der Waals surface area contributed by atoms with Crippen molar-refractivity contribution in [2.24, 2.45) is 29.1 Å². The number of nitrogens with zero attached hydrogens (tertiary/aromatic N) is 3. The van der Waals surface area contributed by atoms with Gasteiger partial charge in [0.1, 0.15) is 12.1 Å². The summed E-state index contributed by atoms with van der Waals surface area (Å²) in [6, 6.07) is 1.57. The molecule has 5 rings (SSSR count). The number of aromatic nitrogens is 1. The van der Waals surface area contributed by atoms with E-state index < -0.39 is 46.9 Å². The zero-order valence-corrected chi connectivity index (χ0v) is 21.4. The highest BCUT2D eigenvalue weighted by molar-refractivity contribution is 5.94. The lowest BCUT2D eigenvalue weighted by Gasteiger charge is -2.37. The van der Waals surface area contributed by atoms with Gasteiger partial charge in [-0.2, -0.15) is 18.4 Å². The van der Waals surface area contributed by atoms with Crippen LogP contribution in [0.25, 0.3) is 0 Å². The Hall–Kier alpha value is -3.42. The summed E-state index contributed by atoms with van der Waals surface area (Å²) in [7, 11) is 0. The molecule has 3 aliphatic carbocycles. The molecule has 0 spiro atoms. The maximum Gasteiger partial charge on any atom is 0.471 e. The van der Waals surface area contributed by atoms with Crippen LogP contribution in [0.4, 0.5) is 13.2 Å². The third kappa shape index (κ3) is 4.14. The van der Waals surface area contributed by atoms with Gasteiger partial charge in [-0.15, -0.1) is 0 Å². The smallest absolute Gasteiger partial charge is 0.336 e. The fourth-order valence-corrected chi connectivity index (χ4v) is 6.85. The Balaban J connectivity index is 1.48. The predicted molar refractivity (Wildman–Crippen MR) is 129 cm³/mol. The van der Waals surface area contributed by atoms with Crippen molar-refractivity contribution < 1.29 is 27.6 Å². The molecule has 2 heterocycles. The van der Waals surface area contributed by atoms with Crippen molar-refractivity contribution in [3.8, 4) is 6.07 Å². The number of hydrogen-bond donors (Lipinski definition) is 2. The van der Waals surface area contributed by atoms with E-state index in [-0.39, 0.29) is 30.2 Å². The summed E-state index contributed by atoms with van der Waals surface area (Å²) in [6.45, 7) is 4.89. The van der Waals surface area contributed by atoms with Gasteiger partial charge in [-0.3, -0.25) is 19.4 Å². The van der Waals surface area contributed by atoms with Gasteiger partial charge in [0, 0.05) is 24.5 Å². The number of carbonyl (C=O) groups excluding carboxylic acids is 3. The van der Waals surface area contributed by atoms with Gasteiger partial charge in [0.25, 0.3) is 0 Å². The molecule has 11 heteroatoms. The number of nitrogens with one attached hydrogen (secondary N) is 2. The average molecular weight is 530 g/mol. The zero-order chi connectivity index (χ0) is 27.6. The first-order chi connectivity index (χ1) is 17.8. The van der Waals surface area contributed by atoms with Gasteiger partial charge in [0.2, 0.25) is 11.8 Å². The van der Waals surface area contributed by atoms with Crippen LogP contribution in [0.5, 0.6) is 0 Å². The monoisotopic (exact) mass is 529 g/mol. The highest BCUT2D eigenvalue weighted by Gasteiger charge is 2.60. The topological polar surface area (TPSA) is 115 Å². The number of fused-ring (bicyclic) bond motifs is 6. The molecule has 1 aromatic heterocycles. The fraction of sp³-hybridized carbons (Fsp3) is 0.593. The number of rotatable bonds is 4. The van der Waals surface area contributed by atoms with Crippen molar-refractivity contribution in [2.75, 3.05) is 6.54 Å². The average Bonchev–Trinajstić information content (AvgIpc) is 3.61. The molecule has 8 nitrogen and oxygen atoms in total. The highest BCUT2D eigenvalue weighted by atomic mass is 19.4. The minimum Gasteiger partial charge on any atom is -0.336 e. The highest BCUT2D eigenvalue weighted by Crippen LogP contribution is 2.54. The van der Waals surface area contributed by atoms with E-state index in [0.717, 1.165) is 12.0 Å². The Bertz CT molecular complexity index is 1250. The summed E-state index contributed by atoms with van der Waals surface area (Å²) in [5.41, 5.74) is -0.849. The second-order valence-electron chi connectivity index (χ2n) is 11.9. The normalized spacial score (nSPS) is 31.9. The number of aryl methyl sites for hydroxylation is 1. The quantitative estimate of drug-likeness (QED) is 0.582. The van der Waals surface area contributed by atoms with Crippen LogP contribution in [0, 0.1) is 40.4 Å². The molecule has 38 heavy (non-hydrogen) atoms. The Kier molecular flexibility index (Phi) is 6.08. The van der Waals surface area contributed by atoms with E-state index in [4.69, 9.17) is 0 Å². The van der Waals surface area contributed by atoms with Gasteiger partial charge in [0.05, 0.1) is 6.07 Å². The van der Waals surface area contributed by atoms with Gasteiger partial charge in [-0.1, -0.05) is 32.9 Å². The Labute approximate surface area is 218 Å². The second kappa shape index (κ2) is 8.82. The Morgan fingerprint density at radius 2 is 1.92 bits per heavy atom. The first-order valence-corrected chi connectivity index (χ1v) is 12.8. The van der Waals surface area contributed by atoms with Gasteiger partial charge in [-0.05, 0) is 60.0 Å². The van der Waals surface area contributed by atoms with Crippen LogP contribution >= 0.6 is 0 Å². The zero-order valence-electron chi connectivity index (χ0n) is 21.4. The van der Waals surface area contributed by atoms with E-state index >= 15 is 0 Å². The standard InChI is InChI=1S/C27H30F3N5O3/c1-25(2,3)21(33-24(38)27(28,29)30)23(37)35-12-17-15-4-5-16(10-15)19(17)20(35)22(36)34-26(13-31)8-6-14-7-9-32-11-18(14)26/h4-5,7,9,11,15-17,19-21H,6,8,10,12H2,1-3H3,(H,33,38)(H,34,36). The summed E-state index contributed by atoms with van der Waals surface area (Å²) in [6.07, 6.45) is 3.93. The SMILES string of the molecule is CC(C)(C)C(NC(=O)C(F)(F)F)C(=O)N1CC2C3C=CC(C3)C2C1C(=O)NC1(C#N)CCc2ccncc21.